The van der Waals surface area contributed by atoms with Crippen molar-refractivity contribution in [3.8, 4) is 11.5 Å². The Labute approximate surface area is 187 Å². The van der Waals surface area contributed by atoms with Gasteiger partial charge in [0.25, 0.3) is 5.56 Å². The zero-order chi connectivity index (χ0) is 22.0. The topological polar surface area (TPSA) is 77.3 Å². The van der Waals surface area contributed by atoms with Crippen LogP contribution in [0.5, 0.6) is 11.5 Å². The Bertz CT molecular complexity index is 1120. The lowest BCUT2D eigenvalue weighted by atomic mass is 9.63. The molecule has 0 spiro atoms. The minimum atomic E-state index is -0.154. The minimum Gasteiger partial charge on any atom is -0.496 e. The van der Waals surface area contributed by atoms with Gasteiger partial charge in [0.1, 0.15) is 11.5 Å². The summed E-state index contributed by atoms with van der Waals surface area (Å²) in [6.07, 6.45) is 6.15. The number of aromatic nitrogens is 1. The molecule has 1 atom stereocenters. The summed E-state index contributed by atoms with van der Waals surface area (Å²) < 4.78 is 12.0. The van der Waals surface area contributed by atoms with Crippen molar-refractivity contribution in [3.05, 3.63) is 69.6 Å². The van der Waals surface area contributed by atoms with Crippen LogP contribution in [0.25, 0.3) is 10.8 Å². The van der Waals surface area contributed by atoms with Crippen LogP contribution in [-0.4, -0.2) is 24.2 Å². The number of aromatic amines is 1. The van der Waals surface area contributed by atoms with E-state index in [0.717, 1.165) is 43.2 Å². The standard InChI is InChI=1S/C25H29ClN2O3/c1-3-23(27)25(19-6-4-5-7-21(19)30-2)11-8-17(9-12-25)31-22-14-16-10-13-28-24(29)18(16)15-20(22)26/h4-7,10,13-15,17,23H,3,8-9,11-12,27H2,1-2H3,(H,28,29). The number of hydrogen-bond donors (Lipinski definition) is 2. The predicted octanol–water partition coefficient (Wildman–Crippen LogP) is 5.19. The summed E-state index contributed by atoms with van der Waals surface area (Å²) in [6.45, 7) is 2.14. The molecule has 1 heterocycles. The van der Waals surface area contributed by atoms with Crippen molar-refractivity contribution in [3.63, 3.8) is 0 Å². The van der Waals surface area contributed by atoms with E-state index in [4.69, 9.17) is 26.8 Å². The first-order chi connectivity index (χ1) is 15.0. The Balaban J connectivity index is 1.57. The quantitative estimate of drug-likeness (QED) is 0.553. The second kappa shape index (κ2) is 8.93. The SMILES string of the molecule is CCC(N)C1(c2ccccc2OC)CCC(Oc2cc3cc[nH]c(=O)c3cc2Cl)CC1. The number of nitrogens with two attached hydrogens (primary N) is 1. The maximum atomic E-state index is 12.0. The van der Waals surface area contributed by atoms with Gasteiger partial charge in [-0.25, -0.2) is 0 Å². The average molecular weight is 441 g/mol. The Morgan fingerprint density at radius 1 is 1.19 bits per heavy atom. The summed E-state index contributed by atoms with van der Waals surface area (Å²) in [5.41, 5.74) is 7.58. The van der Waals surface area contributed by atoms with Crippen molar-refractivity contribution < 1.29 is 9.47 Å². The number of pyridine rings is 1. The molecule has 5 nitrogen and oxygen atoms in total. The van der Waals surface area contributed by atoms with Crippen LogP contribution in [0.2, 0.25) is 5.02 Å². The zero-order valence-electron chi connectivity index (χ0n) is 18.0. The highest BCUT2D eigenvalue weighted by Crippen LogP contribution is 2.47. The van der Waals surface area contributed by atoms with Gasteiger partial charge in [0, 0.05) is 28.6 Å². The van der Waals surface area contributed by atoms with Crippen LogP contribution in [0.1, 0.15) is 44.6 Å². The third-order valence-electron chi connectivity index (χ3n) is 6.74. The monoisotopic (exact) mass is 440 g/mol. The molecule has 1 aliphatic carbocycles. The fraction of sp³-hybridized carbons (Fsp3) is 0.400. The highest BCUT2D eigenvalue weighted by atomic mass is 35.5. The van der Waals surface area contributed by atoms with Crippen molar-refractivity contribution in [2.45, 2.75) is 56.6 Å². The Kier molecular flexibility index (Phi) is 6.26. The van der Waals surface area contributed by atoms with Gasteiger partial charge in [-0.1, -0.05) is 36.7 Å². The summed E-state index contributed by atoms with van der Waals surface area (Å²) in [6, 6.07) is 13.6. The summed E-state index contributed by atoms with van der Waals surface area (Å²) in [4.78, 5) is 14.7. The van der Waals surface area contributed by atoms with E-state index in [1.54, 1.807) is 19.4 Å². The molecular weight excluding hydrogens is 412 g/mol. The van der Waals surface area contributed by atoms with E-state index in [9.17, 15) is 4.79 Å². The first-order valence-electron chi connectivity index (χ1n) is 10.8. The van der Waals surface area contributed by atoms with Gasteiger partial charge in [0.15, 0.2) is 0 Å². The van der Waals surface area contributed by atoms with E-state index in [2.05, 4.69) is 24.0 Å². The second-order valence-corrected chi connectivity index (χ2v) is 8.77. The molecule has 164 valence electrons. The third-order valence-corrected chi connectivity index (χ3v) is 7.03. The van der Waals surface area contributed by atoms with E-state index in [0.29, 0.717) is 16.2 Å². The van der Waals surface area contributed by atoms with Crippen LogP contribution in [0.4, 0.5) is 0 Å². The number of nitrogens with one attached hydrogen (secondary N) is 1. The van der Waals surface area contributed by atoms with Gasteiger partial charge in [0.2, 0.25) is 0 Å². The number of fused-ring (bicyclic) bond motifs is 1. The summed E-state index contributed by atoms with van der Waals surface area (Å²) >= 11 is 6.44. The fourth-order valence-corrected chi connectivity index (χ4v) is 5.18. The second-order valence-electron chi connectivity index (χ2n) is 8.37. The molecule has 1 unspecified atom stereocenters. The number of benzene rings is 2. The molecule has 0 aliphatic heterocycles. The van der Waals surface area contributed by atoms with Gasteiger partial charge >= 0.3 is 0 Å². The molecule has 3 N–H and O–H groups in total. The number of ether oxygens (including phenoxy) is 2. The highest BCUT2D eigenvalue weighted by Gasteiger charge is 2.43. The summed E-state index contributed by atoms with van der Waals surface area (Å²) in [5.74, 6) is 1.52. The van der Waals surface area contributed by atoms with Crippen LogP contribution >= 0.6 is 11.6 Å². The van der Waals surface area contributed by atoms with Gasteiger partial charge in [0.05, 0.1) is 18.2 Å². The smallest absolute Gasteiger partial charge is 0.255 e. The van der Waals surface area contributed by atoms with E-state index < -0.39 is 0 Å². The molecular formula is C25H29ClN2O3. The number of para-hydroxylation sites is 1. The highest BCUT2D eigenvalue weighted by molar-refractivity contribution is 6.32. The number of halogens is 1. The van der Waals surface area contributed by atoms with Crippen LogP contribution < -0.4 is 20.8 Å². The molecule has 0 amide bonds. The first kappa shape index (κ1) is 21.7. The molecule has 1 fully saturated rings. The van der Waals surface area contributed by atoms with Crippen molar-refractivity contribution in [2.24, 2.45) is 5.73 Å². The molecule has 31 heavy (non-hydrogen) atoms. The van der Waals surface area contributed by atoms with Crippen LogP contribution in [0.15, 0.2) is 53.5 Å². The maximum Gasteiger partial charge on any atom is 0.255 e. The van der Waals surface area contributed by atoms with Crippen LogP contribution in [-0.2, 0) is 5.41 Å². The summed E-state index contributed by atoms with van der Waals surface area (Å²) in [7, 11) is 1.71. The van der Waals surface area contributed by atoms with Gasteiger partial charge in [-0.15, -0.1) is 0 Å². The van der Waals surface area contributed by atoms with Crippen LogP contribution in [0.3, 0.4) is 0 Å². The van der Waals surface area contributed by atoms with Crippen molar-refractivity contribution in [1.29, 1.82) is 0 Å². The lowest BCUT2D eigenvalue weighted by molar-refractivity contribution is 0.102. The molecule has 6 heteroatoms. The number of rotatable bonds is 6. The number of methoxy groups -OCH3 is 1. The largest absolute Gasteiger partial charge is 0.496 e. The Hall–Kier alpha value is -2.50. The number of hydrogen-bond acceptors (Lipinski definition) is 4. The van der Waals surface area contributed by atoms with Crippen molar-refractivity contribution >= 4 is 22.4 Å². The average Bonchev–Trinajstić information content (AvgIpc) is 2.80. The maximum absolute atomic E-state index is 12.0. The fourth-order valence-electron chi connectivity index (χ4n) is 4.97. The zero-order valence-corrected chi connectivity index (χ0v) is 18.7. The Morgan fingerprint density at radius 3 is 2.65 bits per heavy atom. The Morgan fingerprint density at radius 2 is 1.94 bits per heavy atom. The predicted molar refractivity (Wildman–Crippen MR) is 125 cm³/mol. The van der Waals surface area contributed by atoms with Crippen molar-refractivity contribution in [2.75, 3.05) is 7.11 Å². The molecule has 1 aromatic heterocycles. The van der Waals surface area contributed by atoms with Crippen molar-refractivity contribution in [1.82, 2.24) is 4.98 Å². The molecule has 0 radical (unpaired) electrons. The molecule has 4 rings (SSSR count). The lowest BCUT2D eigenvalue weighted by Gasteiger charge is -2.45. The summed E-state index contributed by atoms with van der Waals surface area (Å²) in [5, 5.41) is 1.83. The molecule has 3 aromatic rings. The molecule has 0 bridgehead atoms. The van der Waals surface area contributed by atoms with Gasteiger partial charge in [-0.2, -0.15) is 0 Å². The van der Waals surface area contributed by atoms with E-state index in [1.165, 1.54) is 5.56 Å². The molecule has 0 saturated heterocycles. The third kappa shape index (κ3) is 4.04. The first-order valence-corrected chi connectivity index (χ1v) is 11.2. The lowest BCUT2D eigenvalue weighted by Crippen LogP contribution is -2.49. The minimum absolute atomic E-state index is 0.0423. The van der Waals surface area contributed by atoms with Gasteiger partial charge in [-0.3, -0.25) is 4.79 Å². The van der Waals surface area contributed by atoms with Crippen LogP contribution in [0, 0.1) is 0 Å². The molecule has 1 saturated carbocycles. The van der Waals surface area contributed by atoms with E-state index in [1.807, 2.05) is 24.3 Å². The normalized spacial score (nSPS) is 22.3. The molecule has 2 aromatic carbocycles. The van der Waals surface area contributed by atoms with E-state index >= 15 is 0 Å². The number of H-pyrrole nitrogens is 1. The molecule has 1 aliphatic rings. The van der Waals surface area contributed by atoms with Gasteiger partial charge < -0.3 is 20.2 Å². The van der Waals surface area contributed by atoms with E-state index in [-0.39, 0.29) is 23.1 Å². The van der Waals surface area contributed by atoms with Gasteiger partial charge in [-0.05, 0) is 61.8 Å².